The second-order valence-corrected chi connectivity index (χ2v) is 6.35. The Hall–Kier alpha value is 0.270. The zero-order valence-corrected chi connectivity index (χ0v) is 12.7. The molecule has 0 aromatic heterocycles. The molecule has 1 aliphatic heterocycles. The molecule has 0 amide bonds. The molecule has 1 heterocycles. The van der Waals surface area contributed by atoms with Crippen LogP contribution in [0.25, 0.3) is 0 Å². The molecule has 0 aliphatic carbocycles. The molecule has 0 spiro atoms. The third-order valence-corrected chi connectivity index (χ3v) is 4.47. The smallest absolute Gasteiger partial charge is 0.00798 e. The minimum atomic E-state index is 0.765. The molecule has 1 aliphatic rings. The van der Waals surface area contributed by atoms with Crippen molar-refractivity contribution in [3.8, 4) is 0 Å². The SMILES string of the molecule is CCCN1CCCC(NCC(C)CSC)CC1. The van der Waals surface area contributed by atoms with Crippen molar-refractivity contribution in [1.29, 1.82) is 0 Å². The number of thioether (sulfide) groups is 1. The van der Waals surface area contributed by atoms with Crippen LogP contribution in [-0.4, -0.2) is 49.1 Å². The molecular weight excluding hydrogens is 228 g/mol. The Labute approximate surface area is 112 Å². The summed E-state index contributed by atoms with van der Waals surface area (Å²) in [5, 5.41) is 3.77. The summed E-state index contributed by atoms with van der Waals surface area (Å²) in [6, 6.07) is 0.765. The van der Waals surface area contributed by atoms with E-state index in [9.17, 15) is 0 Å². The third-order valence-electron chi connectivity index (χ3n) is 3.57. The molecule has 1 saturated heterocycles. The maximum absolute atomic E-state index is 3.77. The van der Waals surface area contributed by atoms with Gasteiger partial charge in [0.2, 0.25) is 0 Å². The van der Waals surface area contributed by atoms with Crippen molar-refractivity contribution in [1.82, 2.24) is 10.2 Å². The minimum absolute atomic E-state index is 0.765. The van der Waals surface area contributed by atoms with Gasteiger partial charge in [-0.2, -0.15) is 11.8 Å². The molecule has 2 unspecified atom stereocenters. The topological polar surface area (TPSA) is 15.3 Å². The predicted octanol–water partition coefficient (Wildman–Crippen LogP) is 2.84. The van der Waals surface area contributed by atoms with E-state index in [1.54, 1.807) is 0 Å². The molecule has 0 aromatic carbocycles. The van der Waals surface area contributed by atoms with Gasteiger partial charge in [0.05, 0.1) is 0 Å². The van der Waals surface area contributed by atoms with Crippen molar-refractivity contribution in [2.24, 2.45) is 5.92 Å². The summed E-state index contributed by atoms with van der Waals surface area (Å²) in [7, 11) is 0. The van der Waals surface area contributed by atoms with Gasteiger partial charge in [-0.3, -0.25) is 0 Å². The van der Waals surface area contributed by atoms with Gasteiger partial charge in [-0.05, 0) is 69.8 Å². The Bertz CT molecular complexity index is 187. The first kappa shape index (κ1) is 15.3. The number of hydrogen-bond acceptors (Lipinski definition) is 3. The summed E-state index contributed by atoms with van der Waals surface area (Å²) < 4.78 is 0. The third kappa shape index (κ3) is 6.68. The molecule has 1 rings (SSSR count). The normalized spacial score (nSPS) is 24.5. The Morgan fingerprint density at radius 1 is 1.35 bits per heavy atom. The average Bonchev–Trinajstić information content (AvgIpc) is 2.53. The van der Waals surface area contributed by atoms with Crippen molar-refractivity contribution in [2.45, 2.75) is 45.6 Å². The van der Waals surface area contributed by atoms with E-state index in [-0.39, 0.29) is 0 Å². The highest BCUT2D eigenvalue weighted by Gasteiger charge is 2.16. The van der Waals surface area contributed by atoms with Crippen molar-refractivity contribution in [2.75, 3.05) is 38.2 Å². The maximum atomic E-state index is 3.77. The fourth-order valence-electron chi connectivity index (χ4n) is 2.61. The van der Waals surface area contributed by atoms with E-state index in [4.69, 9.17) is 0 Å². The molecule has 2 atom stereocenters. The lowest BCUT2D eigenvalue weighted by molar-refractivity contribution is 0.282. The fraction of sp³-hybridized carbons (Fsp3) is 1.00. The van der Waals surface area contributed by atoms with Crippen LogP contribution in [0.5, 0.6) is 0 Å². The Morgan fingerprint density at radius 3 is 2.88 bits per heavy atom. The van der Waals surface area contributed by atoms with Gasteiger partial charge in [-0.25, -0.2) is 0 Å². The predicted molar refractivity (Wildman–Crippen MR) is 79.9 cm³/mol. The number of hydrogen-bond donors (Lipinski definition) is 1. The van der Waals surface area contributed by atoms with Crippen molar-refractivity contribution < 1.29 is 0 Å². The second-order valence-electron chi connectivity index (χ2n) is 5.44. The van der Waals surface area contributed by atoms with Crippen LogP contribution in [0.3, 0.4) is 0 Å². The first-order chi connectivity index (χ1) is 8.26. The van der Waals surface area contributed by atoms with E-state index in [0.717, 1.165) is 12.0 Å². The monoisotopic (exact) mass is 258 g/mol. The lowest BCUT2D eigenvalue weighted by Gasteiger charge is -2.20. The van der Waals surface area contributed by atoms with E-state index >= 15 is 0 Å². The lowest BCUT2D eigenvalue weighted by atomic mass is 10.1. The zero-order valence-electron chi connectivity index (χ0n) is 11.9. The van der Waals surface area contributed by atoms with Crippen molar-refractivity contribution in [3.05, 3.63) is 0 Å². The van der Waals surface area contributed by atoms with E-state index in [2.05, 4.69) is 30.3 Å². The standard InChI is InChI=1S/C14H30N2S/c1-4-8-16-9-5-6-14(7-10-16)15-11-13(2)12-17-3/h13-15H,4-12H2,1-3H3. The van der Waals surface area contributed by atoms with Gasteiger partial charge in [0.25, 0.3) is 0 Å². The molecule has 0 saturated carbocycles. The molecule has 2 nitrogen and oxygen atoms in total. The largest absolute Gasteiger partial charge is 0.314 e. The molecule has 1 fully saturated rings. The highest BCUT2D eigenvalue weighted by atomic mass is 32.2. The molecule has 0 bridgehead atoms. The Kier molecular flexibility index (Phi) is 8.33. The van der Waals surface area contributed by atoms with Gasteiger partial charge in [-0.15, -0.1) is 0 Å². The van der Waals surface area contributed by atoms with Crippen LogP contribution in [0.4, 0.5) is 0 Å². The van der Waals surface area contributed by atoms with E-state index < -0.39 is 0 Å². The zero-order chi connectivity index (χ0) is 12.5. The minimum Gasteiger partial charge on any atom is -0.314 e. The summed E-state index contributed by atoms with van der Waals surface area (Å²) in [4.78, 5) is 2.63. The van der Waals surface area contributed by atoms with E-state index in [0.29, 0.717) is 0 Å². The highest BCUT2D eigenvalue weighted by molar-refractivity contribution is 7.98. The number of nitrogens with zero attached hydrogens (tertiary/aromatic N) is 1. The van der Waals surface area contributed by atoms with E-state index in [1.807, 2.05) is 11.8 Å². The molecule has 17 heavy (non-hydrogen) atoms. The van der Waals surface area contributed by atoms with Crippen LogP contribution in [0.15, 0.2) is 0 Å². The number of rotatable bonds is 7. The summed E-state index contributed by atoms with van der Waals surface area (Å²) in [6.07, 6.45) is 7.57. The lowest BCUT2D eigenvalue weighted by Crippen LogP contribution is -2.34. The van der Waals surface area contributed by atoms with Gasteiger partial charge < -0.3 is 10.2 Å². The Morgan fingerprint density at radius 2 is 2.18 bits per heavy atom. The molecular formula is C14H30N2S. The first-order valence-corrected chi connectivity index (χ1v) is 8.60. The molecule has 1 N–H and O–H groups in total. The van der Waals surface area contributed by atoms with Gasteiger partial charge in [0.15, 0.2) is 0 Å². The number of likely N-dealkylation sites (tertiary alicyclic amines) is 1. The number of nitrogens with one attached hydrogen (secondary N) is 1. The highest BCUT2D eigenvalue weighted by Crippen LogP contribution is 2.12. The van der Waals surface area contributed by atoms with Crippen LogP contribution in [0, 0.1) is 5.92 Å². The summed E-state index contributed by atoms with van der Waals surface area (Å²) in [6.45, 7) is 9.72. The summed E-state index contributed by atoms with van der Waals surface area (Å²) in [5.41, 5.74) is 0. The quantitative estimate of drug-likeness (QED) is 0.756. The molecule has 3 heteroatoms. The van der Waals surface area contributed by atoms with Crippen LogP contribution >= 0.6 is 11.8 Å². The van der Waals surface area contributed by atoms with Gasteiger partial charge in [0, 0.05) is 6.04 Å². The molecule has 0 radical (unpaired) electrons. The van der Waals surface area contributed by atoms with Crippen molar-refractivity contribution in [3.63, 3.8) is 0 Å². The molecule has 0 aromatic rings. The van der Waals surface area contributed by atoms with Crippen LogP contribution in [-0.2, 0) is 0 Å². The van der Waals surface area contributed by atoms with E-state index in [1.165, 1.54) is 57.6 Å². The van der Waals surface area contributed by atoms with Crippen LogP contribution in [0.1, 0.15) is 39.5 Å². The first-order valence-electron chi connectivity index (χ1n) is 7.21. The Balaban J connectivity index is 2.17. The van der Waals surface area contributed by atoms with Gasteiger partial charge in [0.1, 0.15) is 0 Å². The maximum Gasteiger partial charge on any atom is 0.00798 e. The summed E-state index contributed by atoms with van der Waals surface area (Å²) >= 11 is 1.96. The molecule has 102 valence electrons. The van der Waals surface area contributed by atoms with Crippen LogP contribution < -0.4 is 5.32 Å². The van der Waals surface area contributed by atoms with Gasteiger partial charge in [-0.1, -0.05) is 13.8 Å². The van der Waals surface area contributed by atoms with Crippen LogP contribution in [0.2, 0.25) is 0 Å². The van der Waals surface area contributed by atoms with Crippen molar-refractivity contribution >= 4 is 11.8 Å². The second kappa shape index (κ2) is 9.23. The fourth-order valence-corrected chi connectivity index (χ4v) is 3.30. The summed E-state index contributed by atoms with van der Waals surface area (Å²) in [5.74, 6) is 2.08. The van der Waals surface area contributed by atoms with Gasteiger partial charge >= 0.3 is 0 Å². The average molecular weight is 258 g/mol.